The fraction of sp³-hybridized carbons (Fsp3) is 0.0213. The van der Waals surface area contributed by atoms with Crippen LogP contribution < -0.4 is 0 Å². The van der Waals surface area contributed by atoms with Crippen molar-refractivity contribution < 1.29 is 0 Å². The first-order valence-electron chi connectivity index (χ1n) is 17.0. The summed E-state index contributed by atoms with van der Waals surface area (Å²) in [5.41, 5.74) is 13.2. The number of rotatable bonds is 8. The molecule has 2 aromatic heterocycles. The van der Waals surface area contributed by atoms with Crippen molar-refractivity contribution in [3.05, 3.63) is 188 Å². The summed E-state index contributed by atoms with van der Waals surface area (Å²) in [5, 5.41) is 0. The van der Waals surface area contributed by atoms with E-state index >= 15 is 0 Å². The minimum absolute atomic E-state index is 0.591. The van der Waals surface area contributed by atoms with Gasteiger partial charge in [0.15, 0.2) is 17.5 Å². The Balaban J connectivity index is 1.32. The van der Waals surface area contributed by atoms with Crippen LogP contribution >= 0.6 is 0 Å². The van der Waals surface area contributed by atoms with Gasteiger partial charge in [0.25, 0.3) is 0 Å². The molecule has 0 saturated carbocycles. The van der Waals surface area contributed by atoms with Crippen molar-refractivity contribution in [2.45, 2.75) is 6.92 Å². The van der Waals surface area contributed by atoms with Crippen LogP contribution in [-0.4, -0.2) is 19.9 Å². The van der Waals surface area contributed by atoms with Gasteiger partial charge in [-0.15, -0.1) is 0 Å². The molecule has 0 aliphatic heterocycles. The lowest BCUT2D eigenvalue weighted by Crippen LogP contribution is -2.01. The summed E-state index contributed by atoms with van der Waals surface area (Å²) in [6.45, 7) is 6.28. The van der Waals surface area contributed by atoms with Crippen molar-refractivity contribution in [3.63, 3.8) is 0 Å². The van der Waals surface area contributed by atoms with E-state index in [4.69, 9.17) is 19.9 Å². The molecule has 0 spiro atoms. The molecule has 0 radical (unpaired) electrons. The monoisotopic (exact) mass is 654 g/mol. The molecule has 8 rings (SSSR count). The summed E-state index contributed by atoms with van der Waals surface area (Å²) in [7, 11) is 0. The van der Waals surface area contributed by atoms with Gasteiger partial charge in [-0.05, 0) is 58.5 Å². The van der Waals surface area contributed by atoms with Crippen LogP contribution in [-0.2, 0) is 0 Å². The summed E-state index contributed by atoms with van der Waals surface area (Å²) in [6, 6.07) is 58.2. The van der Waals surface area contributed by atoms with Crippen LogP contribution in [0, 0.1) is 6.92 Å². The Labute approximate surface area is 298 Å². The molecule has 8 aromatic rings. The highest BCUT2D eigenvalue weighted by Crippen LogP contribution is 2.40. The Kier molecular flexibility index (Phi) is 8.63. The molecule has 0 unspecified atom stereocenters. The minimum Gasteiger partial charge on any atom is -0.252 e. The van der Waals surface area contributed by atoms with Crippen molar-refractivity contribution in [2.75, 3.05) is 0 Å². The van der Waals surface area contributed by atoms with Gasteiger partial charge in [0.1, 0.15) is 0 Å². The van der Waals surface area contributed by atoms with Crippen LogP contribution in [0.4, 0.5) is 0 Å². The number of aromatic nitrogens is 4. The molecule has 4 nitrogen and oxygen atoms in total. The maximum Gasteiger partial charge on any atom is 0.164 e. The summed E-state index contributed by atoms with van der Waals surface area (Å²) in [5.74, 6) is 1.82. The van der Waals surface area contributed by atoms with Crippen LogP contribution in [0.1, 0.15) is 11.3 Å². The van der Waals surface area contributed by atoms with Gasteiger partial charge in [0.05, 0.1) is 5.69 Å². The Morgan fingerprint density at radius 1 is 0.392 bits per heavy atom. The highest BCUT2D eigenvalue weighted by Gasteiger charge is 2.19. The average Bonchev–Trinajstić information content (AvgIpc) is 3.21. The first-order chi connectivity index (χ1) is 25.1. The molecule has 0 amide bonds. The van der Waals surface area contributed by atoms with Gasteiger partial charge in [-0.2, -0.15) is 0 Å². The van der Waals surface area contributed by atoms with E-state index in [9.17, 15) is 0 Å². The van der Waals surface area contributed by atoms with Gasteiger partial charge in [0, 0.05) is 33.5 Å². The van der Waals surface area contributed by atoms with E-state index in [0.29, 0.717) is 17.5 Å². The standard InChI is InChI=1S/C47H34N4/c1-3-33-27-28-40(30-41(33)44-32(2)48-43(36-21-12-6-13-22-36)31-42(44)35-19-10-5-11-20-35)47-50-45(37-23-14-7-15-24-37)49-46(51-47)39-26-16-25-38(29-39)34-17-8-4-9-18-34/h3-31H,1H2,2H3. The van der Waals surface area contributed by atoms with Gasteiger partial charge in [-0.25, -0.2) is 15.0 Å². The molecule has 0 bridgehead atoms. The van der Waals surface area contributed by atoms with Crippen molar-refractivity contribution in [1.29, 1.82) is 0 Å². The Morgan fingerprint density at radius 2 is 0.882 bits per heavy atom. The smallest absolute Gasteiger partial charge is 0.164 e. The first-order valence-corrected chi connectivity index (χ1v) is 17.0. The zero-order chi connectivity index (χ0) is 34.6. The first kappa shape index (κ1) is 31.5. The molecule has 0 N–H and O–H groups in total. The summed E-state index contributed by atoms with van der Waals surface area (Å²) in [4.78, 5) is 20.3. The van der Waals surface area contributed by atoms with E-state index in [1.807, 2.05) is 66.7 Å². The zero-order valence-corrected chi connectivity index (χ0v) is 28.2. The lowest BCUT2D eigenvalue weighted by Gasteiger charge is -2.18. The van der Waals surface area contributed by atoms with Gasteiger partial charge in [-0.3, -0.25) is 4.98 Å². The molecule has 0 aliphatic carbocycles. The Bertz CT molecular complexity index is 2480. The average molecular weight is 655 g/mol. The molecule has 0 fully saturated rings. The molecule has 242 valence electrons. The quantitative estimate of drug-likeness (QED) is 0.164. The van der Waals surface area contributed by atoms with Crippen LogP contribution in [0.3, 0.4) is 0 Å². The molecule has 51 heavy (non-hydrogen) atoms. The normalized spacial score (nSPS) is 10.9. The van der Waals surface area contributed by atoms with E-state index in [0.717, 1.165) is 72.6 Å². The van der Waals surface area contributed by atoms with Gasteiger partial charge >= 0.3 is 0 Å². The predicted octanol–water partition coefficient (Wildman–Crippen LogP) is 11.9. The van der Waals surface area contributed by atoms with E-state index in [1.165, 1.54) is 0 Å². The lowest BCUT2D eigenvalue weighted by atomic mass is 9.88. The maximum atomic E-state index is 5.15. The van der Waals surface area contributed by atoms with Crippen molar-refractivity contribution >= 4 is 6.08 Å². The molecule has 6 aromatic carbocycles. The van der Waals surface area contributed by atoms with Crippen LogP contribution in [0.2, 0.25) is 0 Å². The number of aryl methyl sites for hydroxylation is 1. The molecule has 0 aliphatic rings. The number of benzene rings is 6. The summed E-state index contributed by atoms with van der Waals surface area (Å²) in [6.07, 6.45) is 1.90. The van der Waals surface area contributed by atoms with Crippen molar-refractivity contribution in [1.82, 2.24) is 19.9 Å². The second-order valence-corrected chi connectivity index (χ2v) is 12.4. The Morgan fingerprint density at radius 3 is 1.49 bits per heavy atom. The summed E-state index contributed by atoms with van der Waals surface area (Å²) < 4.78 is 0. The zero-order valence-electron chi connectivity index (χ0n) is 28.2. The number of hydrogen-bond donors (Lipinski definition) is 0. The van der Waals surface area contributed by atoms with Crippen LogP contribution in [0.15, 0.2) is 176 Å². The second kappa shape index (κ2) is 14.0. The van der Waals surface area contributed by atoms with E-state index < -0.39 is 0 Å². The number of pyridine rings is 1. The molecule has 4 heteroatoms. The van der Waals surface area contributed by atoms with Gasteiger partial charge < -0.3 is 0 Å². The van der Waals surface area contributed by atoms with E-state index in [2.05, 4.69) is 123 Å². The Hall–Kier alpha value is -6.78. The third kappa shape index (κ3) is 6.51. The molecular formula is C47H34N4. The van der Waals surface area contributed by atoms with Crippen molar-refractivity contribution in [3.8, 4) is 78.8 Å². The largest absolute Gasteiger partial charge is 0.252 e. The maximum absolute atomic E-state index is 5.15. The molecule has 0 atom stereocenters. The van der Waals surface area contributed by atoms with Gasteiger partial charge in [-0.1, -0.05) is 164 Å². The predicted molar refractivity (Wildman–Crippen MR) is 211 cm³/mol. The van der Waals surface area contributed by atoms with Crippen LogP contribution in [0.5, 0.6) is 0 Å². The van der Waals surface area contributed by atoms with E-state index in [-0.39, 0.29) is 0 Å². The highest BCUT2D eigenvalue weighted by atomic mass is 15.0. The highest BCUT2D eigenvalue weighted by molar-refractivity contribution is 5.92. The van der Waals surface area contributed by atoms with Crippen LogP contribution in [0.25, 0.3) is 84.9 Å². The fourth-order valence-corrected chi connectivity index (χ4v) is 6.52. The third-order valence-electron chi connectivity index (χ3n) is 9.05. The third-order valence-corrected chi connectivity index (χ3v) is 9.05. The summed E-state index contributed by atoms with van der Waals surface area (Å²) >= 11 is 0. The molecule has 2 heterocycles. The SMILES string of the molecule is C=Cc1ccc(-c2nc(-c3ccccc3)nc(-c3cccc(-c4ccccc4)c3)n2)cc1-c1c(-c2ccccc2)cc(-c2ccccc2)nc1C. The lowest BCUT2D eigenvalue weighted by molar-refractivity contribution is 1.07. The van der Waals surface area contributed by atoms with E-state index in [1.54, 1.807) is 0 Å². The molecular weight excluding hydrogens is 621 g/mol. The number of nitrogens with zero attached hydrogens (tertiary/aromatic N) is 4. The molecule has 0 saturated heterocycles. The van der Waals surface area contributed by atoms with Crippen molar-refractivity contribution in [2.24, 2.45) is 0 Å². The van der Waals surface area contributed by atoms with Gasteiger partial charge in [0.2, 0.25) is 0 Å². The topological polar surface area (TPSA) is 51.6 Å². The number of hydrogen-bond acceptors (Lipinski definition) is 4. The minimum atomic E-state index is 0.591. The fourth-order valence-electron chi connectivity index (χ4n) is 6.52. The second-order valence-electron chi connectivity index (χ2n) is 12.4.